The lowest BCUT2D eigenvalue weighted by molar-refractivity contribution is -0.121. The number of thioether (sulfide) groups is 1. The van der Waals surface area contributed by atoms with Crippen LogP contribution in [0.5, 0.6) is 0 Å². The van der Waals surface area contributed by atoms with Crippen LogP contribution in [0.2, 0.25) is 0 Å². The molecule has 1 aromatic carbocycles. The second kappa shape index (κ2) is 7.27. The van der Waals surface area contributed by atoms with Crippen molar-refractivity contribution in [3.63, 3.8) is 0 Å². The molecule has 0 fully saturated rings. The number of carbonyl (C=O) groups is 1. The molecule has 2 heterocycles. The van der Waals surface area contributed by atoms with Crippen molar-refractivity contribution < 1.29 is 13.2 Å². The fourth-order valence-electron chi connectivity index (χ4n) is 3.01. The van der Waals surface area contributed by atoms with Gasteiger partial charge < -0.3 is 10.6 Å². The van der Waals surface area contributed by atoms with Gasteiger partial charge in [-0.15, -0.1) is 4.40 Å². The van der Waals surface area contributed by atoms with E-state index >= 15 is 0 Å². The van der Waals surface area contributed by atoms with Gasteiger partial charge in [-0.05, 0) is 24.5 Å². The SMILES string of the molecule is C[C@@H]1N=C(NC(=O)CC(C)(C)CC2=NS(=O)(=O)c3ccccc3N2)S[C@@H]1C. The van der Waals surface area contributed by atoms with Gasteiger partial charge >= 0.3 is 0 Å². The van der Waals surface area contributed by atoms with E-state index in [1.807, 2.05) is 20.8 Å². The average molecular weight is 409 g/mol. The summed E-state index contributed by atoms with van der Waals surface area (Å²) in [6.07, 6.45) is 0.568. The first-order valence-electron chi connectivity index (χ1n) is 8.80. The molecule has 7 nitrogen and oxygen atoms in total. The summed E-state index contributed by atoms with van der Waals surface area (Å²) in [5, 5.41) is 6.94. The normalized spacial score (nSPS) is 23.7. The van der Waals surface area contributed by atoms with Crippen molar-refractivity contribution >= 4 is 44.4 Å². The number of aliphatic imine (C=N–C) groups is 1. The van der Waals surface area contributed by atoms with Crippen LogP contribution in [0.1, 0.15) is 40.5 Å². The van der Waals surface area contributed by atoms with Gasteiger partial charge in [-0.1, -0.05) is 44.7 Å². The molecule has 0 unspecified atom stereocenters. The van der Waals surface area contributed by atoms with Gasteiger partial charge in [-0.25, -0.2) is 0 Å². The molecule has 0 radical (unpaired) electrons. The minimum atomic E-state index is -3.72. The first-order chi connectivity index (χ1) is 12.6. The van der Waals surface area contributed by atoms with Crippen LogP contribution in [-0.2, 0) is 14.8 Å². The molecule has 9 heteroatoms. The standard InChI is InChI=1S/C18H24N4O3S2/c1-11-12(2)26-17(19-11)21-16(23)10-18(3,4)9-15-20-13-7-5-6-8-14(13)27(24,25)22-15/h5-8,11-12H,9-10H2,1-4H3,(H,20,22)(H,19,21,23)/t11-,12+/m0/s1. The summed E-state index contributed by atoms with van der Waals surface area (Å²) in [5.41, 5.74) is 0.0427. The number of para-hydroxylation sites is 1. The molecule has 2 N–H and O–H groups in total. The minimum absolute atomic E-state index is 0.132. The van der Waals surface area contributed by atoms with Crippen LogP contribution in [-0.4, -0.2) is 36.6 Å². The molecule has 3 rings (SSSR count). The summed E-state index contributed by atoms with van der Waals surface area (Å²) < 4.78 is 28.6. The number of hydrogen-bond acceptors (Lipinski definition) is 6. The number of nitrogens with one attached hydrogen (secondary N) is 2. The Labute approximate surface area is 164 Å². The van der Waals surface area contributed by atoms with Crippen molar-refractivity contribution in [2.45, 2.75) is 56.7 Å². The van der Waals surface area contributed by atoms with Gasteiger partial charge in [0.15, 0.2) is 5.17 Å². The van der Waals surface area contributed by atoms with Crippen LogP contribution in [0, 0.1) is 5.41 Å². The number of nitrogens with zero attached hydrogens (tertiary/aromatic N) is 2. The Morgan fingerprint density at radius 1 is 1.30 bits per heavy atom. The van der Waals surface area contributed by atoms with Gasteiger partial charge in [-0.2, -0.15) is 8.42 Å². The Kier molecular flexibility index (Phi) is 5.36. The smallest absolute Gasteiger partial charge is 0.286 e. The molecule has 0 aliphatic carbocycles. The summed E-state index contributed by atoms with van der Waals surface area (Å²) >= 11 is 1.56. The van der Waals surface area contributed by atoms with Crippen LogP contribution < -0.4 is 10.6 Å². The number of carbonyl (C=O) groups excluding carboxylic acids is 1. The zero-order chi connectivity index (χ0) is 19.8. The maximum atomic E-state index is 12.4. The lowest BCUT2D eigenvalue weighted by Crippen LogP contribution is -2.34. The third kappa shape index (κ3) is 4.70. The van der Waals surface area contributed by atoms with Crippen molar-refractivity contribution in [1.29, 1.82) is 0 Å². The van der Waals surface area contributed by atoms with Crippen molar-refractivity contribution in [3.8, 4) is 0 Å². The van der Waals surface area contributed by atoms with E-state index in [1.54, 1.807) is 30.0 Å². The number of sulfonamides is 1. The van der Waals surface area contributed by atoms with Gasteiger partial charge in [-0.3, -0.25) is 9.79 Å². The van der Waals surface area contributed by atoms with E-state index in [2.05, 4.69) is 26.9 Å². The van der Waals surface area contributed by atoms with E-state index < -0.39 is 15.4 Å². The van der Waals surface area contributed by atoms with Gasteiger partial charge in [0.1, 0.15) is 10.7 Å². The van der Waals surface area contributed by atoms with Crippen LogP contribution in [0.4, 0.5) is 5.69 Å². The Hall–Kier alpha value is -1.87. The van der Waals surface area contributed by atoms with Gasteiger partial charge in [0.25, 0.3) is 10.0 Å². The quantitative estimate of drug-likeness (QED) is 0.798. The molecule has 0 saturated heterocycles. The molecule has 2 aliphatic rings. The van der Waals surface area contributed by atoms with Crippen LogP contribution in [0.25, 0.3) is 0 Å². The number of anilines is 1. The summed E-state index contributed by atoms with van der Waals surface area (Å²) in [6, 6.07) is 6.85. The Morgan fingerprint density at radius 3 is 2.67 bits per heavy atom. The second-order valence-corrected chi connectivity index (χ2v) is 10.6. The molecular formula is C18H24N4O3S2. The first kappa shape index (κ1) is 19.9. The highest BCUT2D eigenvalue weighted by molar-refractivity contribution is 8.14. The summed E-state index contributed by atoms with van der Waals surface area (Å²) in [7, 11) is -3.72. The Morgan fingerprint density at radius 2 is 2.00 bits per heavy atom. The second-order valence-electron chi connectivity index (χ2n) is 7.70. The predicted molar refractivity (Wildman–Crippen MR) is 110 cm³/mol. The van der Waals surface area contributed by atoms with Crippen molar-refractivity contribution in [2.24, 2.45) is 14.8 Å². The van der Waals surface area contributed by atoms with Gasteiger partial charge in [0, 0.05) is 18.1 Å². The molecule has 0 spiro atoms. The molecule has 27 heavy (non-hydrogen) atoms. The highest BCUT2D eigenvalue weighted by Crippen LogP contribution is 2.32. The van der Waals surface area contributed by atoms with E-state index in [4.69, 9.17) is 0 Å². The van der Waals surface area contributed by atoms with Gasteiger partial charge in [0.2, 0.25) is 5.91 Å². The maximum absolute atomic E-state index is 12.4. The molecule has 2 atom stereocenters. The molecular weight excluding hydrogens is 384 g/mol. The lowest BCUT2D eigenvalue weighted by atomic mass is 9.84. The monoisotopic (exact) mass is 408 g/mol. The number of fused-ring (bicyclic) bond motifs is 1. The largest absolute Gasteiger partial charge is 0.342 e. The zero-order valence-electron chi connectivity index (χ0n) is 15.8. The maximum Gasteiger partial charge on any atom is 0.286 e. The first-order valence-corrected chi connectivity index (χ1v) is 11.1. The van der Waals surface area contributed by atoms with E-state index in [0.717, 1.165) is 0 Å². The average Bonchev–Trinajstić information content (AvgIpc) is 2.83. The van der Waals surface area contributed by atoms with Crippen molar-refractivity contribution in [1.82, 2.24) is 5.32 Å². The minimum Gasteiger partial charge on any atom is -0.342 e. The van der Waals surface area contributed by atoms with Crippen molar-refractivity contribution in [2.75, 3.05) is 5.32 Å². The third-order valence-corrected chi connectivity index (χ3v) is 7.07. The predicted octanol–water partition coefficient (Wildman–Crippen LogP) is 3.00. The molecule has 2 aliphatic heterocycles. The topological polar surface area (TPSA) is 100.0 Å². The van der Waals surface area contributed by atoms with E-state index in [0.29, 0.717) is 28.4 Å². The fraction of sp³-hybridized carbons (Fsp3) is 0.500. The fourth-order valence-corrected chi connectivity index (χ4v) is 5.17. The highest BCUT2D eigenvalue weighted by atomic mass is 32.2. The summed E-state index contributed by atoms with van der Waals surface area (Å²) in [6.45, 7) is 7.93. The lowest BCUT2D eigenvalue weighted by Gasteiger charge is -2.27. The van der Waals surface area contributed by atoms with Crippen LogP contribution >= 0.6 is 11.8 Å². The van der Waals surface area contributed by atoms with E-state index in [-0.39, 0.29) is 23.3 Å². The third-order valence-electron chi connectivity index (χ3n) is 4.50. The zero-order valence-corrected chi connectivity index (χ0v) is 17.4. The summed E-state index contributed by atoms with van der Waals surface area (Å²) in [4.78, 5) is 17.0. The molecule has 1 aromatic rings. The van der Waals surface area contributed by atoms with Crippen molar-refractivity contribution in [3.05, 3.63) is 24.3 Å². The number of benzene rings is 1. The molecule has 0 aromatic heterocycles. The van der Waals surface area contributed by atoms with Gasteiger partial charge in [0.05, 0.1) is 11.7 Å². The highest BCUT2D eigenvalue weighted by Gasteiger charge is 2.31. The van der Waals surface area contributed by atoms with E-state index in [1.165, 1.54) is 6.07 Å². The number of amidine groups is 2. The molecule has 146 valence electrons. The number of amides is 1. The van der Waals surface area contributed by atoms with Crippen LogP contribution in [0.3, 0.4) is 0 Å². The number of hydrogen-bond donors (Lipinski definition) is 2. The molecule has 0 bridgehead atoms. The Bertz CT molecular complexity index is 922. The van der Waals surface area contributed by atoms with E-state index in [9.17, 15) is 13.2 Å². The Balaban J connectivity index is 1.66. The molecule has 1 amide bonds. The summed E-state index contributed by atoms with van der Waals surface area (Å²) in [5.74, 6) is 0.216. The molecule has 0 saturated carbocycles. The number of rotatable bonds is 4. The van der Waals surface area contributed by atoms with Crippen LogP contribution in [0.15, 0.2) is 38.6 Å².